The van der Waals surface area contributed by atoms with Gasteiger partial charge in [0, 0.05) is 19.3 Å². The number of carbonyl (C=O) groups excluding carboxylic acids is 3. The van der Waals surface area contributed by atoms with Gasteiger partial charge in [-0.3, -0.25) is 14.4 Å². The van der Waals surface area contributed by atoms with Gasteiger partial charge in [-0.25, -0.2) is 0 Å². The Balaban J connectivity index is 4.46. The second kappa shape index (κ2) is 54.2. The average Bonchev–Trinajstić information content (AvgIpc) is 3.31. The number of carbonyl (C=O) groups is 3. The number of rotatable bonds is 49. The second-order valence-corrected chi connectivity index (χ2v) is 18.1. The van der Waals surface area contributed by atoms with E-state index in [-0.39, 0.29) is 31.1 Å². The Bertz CT molecular complexity index is 1290. The molecule has 0 aromatic heterocycles. The van der Waals surface area contributed by atoms with E-state index < -0.39 is 6.10 Å². The summed E-state index contributed by atoms with van der Waals surface area (Å²) in [5.41, 5.74) is 0. The number of esters is 3. The zero-order valence-corrected chi connectivity index (χ0v) is 43.2. The molecule has 0 unspecified atom stereocenters. The average molecular weight is 919 g/mol. The Kier molecular flexibility index (Phi) is 51.4. The molecule has 0 aliphatic heterocycles. The van der Waals surface area contributed by atoms with E-state index in [4.69, 9.17) is 14.2 Å². The number of hydrogen-bond acceptors (Lipinski definition) is 6. The van der Waals surface area contributed by atoms with Crippen molar-refractivity contribution in [1.29, 1.82) is 0 Å². The second-order valence-electron chi connectivity index (χ2n) is 18.1. The minimum absolute atomic E-state index is 0.0925. The highest BCUT2D eigenvalue weighted by atomic mass is 16.6. The number of ether oxygens (including phenoxy) is 3. The zero-order chi connectivity index (χ0) is 47.9. The van der Waals surface area contributed by atoms with E-state index in [1.807, 2.05) is 0 Å². The minimum Gasteiger partial charge on any atom is -0.462 e. The molecular formula is C60H102O6. The van der Waals surface area contributed by atoms with Crippen molar-refractivity contribution in [3.8, 4) is 0 Å². The van der Waals surface area contributed by atoms with Crippen LogP contribution < -0.4 is 0 Å². The quantitative estimate of drug-likeness (QED) is 0.0262. The Labute approximate surface area is 407 Å². The van der Waals surface area contributed by atoms with E-state index in [1.54, 1.807) is 0 Å². The molecule has 0 aromatic carbocycles. The predicted molar refractivity (Wildman–Crippen MR) is 284 cm³/mol. The van der Waals surface area contributed by atoms with Crippen molar-refractivity contribution >= 4 is 17.9 Å². The van der Waals surface area contributed by atoms with E-state index >= 15 is 0 Å². The van der Waals surface area contributed by atoms with Gasteiger partial charge in [0.2, 0.25) is 0 Å². The van der Waals surface area contributed by atoms with Gasteiger partial charge in [-0.2, -0.15) is 0 Å². The number of unbranched alkanes of at least 4 members (excludes halogenated alkanes) is 24. The van der Waals surface area contributed by atoms with Crippen LogP contribution in [0.3, 0.4) is 0 Å². The molecule has 0 aromatic rings. The summed E-state index contributed by atoms with van der Waals surface area (Å²) < 4.78 is 16.8. The van der Waals surface area contributed by atoms with Crippen molar-refractivity contribution in [2.75, 3.05) is 13.2 Å². The lowest BCUT2D eigenvalue weighted by atomic mass is 10.0. The molecular weight excluding hydrogens is 817 g/mol. The van der Waals surface area contributed by atoms with Gasteiger partial charge < -0.3 is 14.2 Å². The van der Waals surface area contributed by atoms with Crippen molar-refractivity contribution in [1.82, 2.24) is 0 Å². The first-order chi connectivity index (χ1) is 32.5. The Morgan fingerprint density at radius 3 is 0.970 bits per heavy atom. The third kappa shape index (κ3) is 51.6. The van der Waals surface area contributed by atoms with Crippen LogP contribution in [-0.4, -0.2) is 37.2 Å². The predicted octanol–water partition coefficient (Wildman–Crippen LogP) is 18.4. The number of hydrogen-bond donors (Lipinski definition) is 0. The zero-order valence-electron chi connectivity index (χ0n) is 43.2. The van der Waals surface area contributed by atoms with Gasteiger partial charge in [-0.05, 0) is 96.3 Å². The van der Waals surface area contributed by atoms with Crippen LogP contribution in [0.2, 0.25) is 0 Å². The molecule has 6 heteroatoms. The summed E-state index contributed by atoms with van der Waals surface area (Å²) in [5.74, 6) is -0.938. The van der Waals surface area contributed by atoms with Crippen LogP contribution in [0.25, 0.3) is 0 Å². The molecule has 0 amide bonds. The van der Waals surface area contributed by atoms with Crippen LogP contribution in [0.1, 0.15) is 258 Å². The maximum Gasteiger partial charge on any atom is 0.306 e. The maximum atomic E-state index is 12.8. The molecule has 0 radical (unpaired) electrons. The summed E-state index contributed by atoms with van der Waals surface area (Å²) in [6.45, 7) is 6.47. The largest absolute Gasteiger partial charge is 0.462 e. The van der Waals surface area contributed by atoms with Gasteiger partial charge in [0.05, 0.1) is 0 Å². The van der Waals surface area contributed by atoms with Gasteiger partial charge in [0.25, 0.3) is 0 Å². The van der Waals surface area contributed by atoms with E-state index in [0.29, 0.717) is 19.3 Å². The first kappa shape index (κ1) is 62.6. The highest BCUT2D eigenvalue weighted by Crippen LogP contribution is 2.15. The van der Waals surface area contributed by atoms with Crippen molar-refractivity contribution in [2.24, 2.45) is 0 Å². The highest BCUT2D eigenvalue weighted by molar-refractivity contribution is 5.71. The molecule has 1 atom stereocenters. The molecule has 0 aliphatic rings. The van der Waals surface area contributed by atoms with Crippen LogP contribution in [0.4, 0.5) is 0 Å². The van der Waals surface area contributed by atoms with Crippen molar-refractivity contribution < 1.29 is 28.6 Å². The van der Waals surface area contributed by atoms with Crippen LogP contribution in [0, 0.1) is 0 Å². The Morgan fingerprint density at radius 1 is 0.318 bits per heavy atom. The molecule has 0 saturated heterocycles. The lowest BCUT2D eigenvalue weighted by Crippen LogP contribution is -2.30. The molecule has 0 bridgehead atoms. The van der Waals surface area contributed by atoms with Crippen LogP contribution in [-0.2, 0) is 28.6 Å². The first-order valence-corrected chi connectivity index (χ1v) is 27.6. The maximum absolute atomic E-state index is 12.8. The Hall–Kier alpha value is -3.41. The normalized spacial score (nSPS) is 12.7. The molecule has 0 N–H and O–H groups in total. The minimum atomic E-state index is -0.798. The van der Waals surface area contributed by atoms with Crippen LogP contribution >= 0.6 is 0 Å². The van der Waals surface area contributed by atoms with Crippen molar-refractivity contribution in [3.05, 3.63) is 85.1 Å². The van der Waals surface area contributed by atoms with Gasteiger partial charge in [-0.15, -0.1) is 0 Å². The molecule has 0 spiro atoms. The summed E-state index contributed by atoms with van der Waals surface area (Å²) in [4.78, 5) is 38.1. The van der Waals surface area contributed by atoms with E-state index in [9.17, 15) is 14.4 Å². The van der Waals surface area contributed by atoms with Gasteiger partial charge in [0.1, 0.15) is 13.2 Å². The topological polar surface area (TPSA) is 78.9 Å². The van der Waals surface area contributed by atoms with Crippen LogP contribution in [0.15, 0.2) is 85.1 Å². The SMILES string of the molecule is CC/C=C/C/C=C/C/C=C/CCCCCCCC(=O)O[C@@H](COC(=O)CCCCC/C=C/C/C=C/C/C=C/C/C=C/CCCCC)COC(=O)CCCCCCCCCCCCCCCC. The summed E-state index contributed by atoms with van der Waals surface area (Å²) >= 11 is 0. The van der Waals surface area contributed by atoms with Crippen molar-refractivity contribution in [3.63, 3.8) is 0 Å². The summed E-state index contributed by atoms with van der Waals surface area (Å²) in [6.07, 6.45) is 69.9. The first-order valence-electron chi connectivity index (χ1n) is 27.6. The lowest BCUT2D eigenvalue weighted by Gasteiger charge is -2.18. The fourth-order valence-electron chi connectivity index (χ4n) is 7.50. The van der Waals surface area contributed by atoms with Gasteiger partial charge in [-0.1, -0.05) is 228 Å². The van der Waals surface area contributed by atoms with Gasteiger partial charge >= 0.3 is 17.9 Å². The molecule has 0 rings (SSSR count). The lowest BCUT2D eigenvalue weighted by molar-refractivity contribution is -0.167. The number of allylic oxidation sites excluding steroid dienone is 14. The smallest absolute Gasteiger partial charge is 0.306 e. The molecule has 0 aliphatic carbocycles. The molecule has 66 heavy (non-hydrogen) atoms. The third-order valence-electron chi connectivity index (χ3n) is 11.6. The van der Waals surface area contributed by atoms with E-state index in [0.717, 1.165) is 122 Å². The third-order valence-corrected chi connectivity index (χ3v) is 11.6. The van der Waals surface area contributed by atoms with E-state index in [2.05, 4.69) is 106 Å². The van der Waals surface area contributed by atoms with Crippen molar-refractivity contribution in [2.45, 2.75) is 264 Å². The molecule has 378 valence electrons. The molecule has 0 fully saturated rings. The summed E-state index contributed by atoms with van der Waals surface area (Å²) in [5, 5.41) is 0. The molecule has 0 heterocycles. The molecule has 0 saturated carbocycles. The highest BCUT2D eigenvalue weighted by Gasteiger charge is 2.19. The fraction of sp³-hybridized carbons (Fsp3) is 0.717. The summed E-state index contributed by atoms with van der Waals surface area (Å²) in [6, 6.07) is 0. The monoisotopic (exact) mass is 919 g/mol. The van der Waals surface area contributed by atoms with E-state index in [1.165, 1.54) is 96.3 Å². The summed E-state index contributed by atoms with van der Waals surface area (Å²) in [7, 11) is 0. The molecule has 6 nitrogen and oxygen atoms in total. The van der Waals surface area contributed by atoms with Gasteiger partial charge in [0.15, 0.2) is 6.10 Å². The fourth-order valence-corrected chi connectivity index (χ4v) is 7.50. The Morgan fingerprint density at radius 2 is 0.591 bits per heavy atom. The standard InChI is InChI=1S/C60H102O6/c1-4-7-10-13-16-19-22-25-28-29-30-31-33-35-38-41-44-47-50-53-59(62)65-56-57(55-64-58(61)52-49-46-43-40-37-34-27-24-21-18-15-12-9-6-3)66-60(63)54-51-48-45-42-39-36-32-26-23-20-17-14-11-8-5-2/h8,11,16-17,19-20,25-26,28,30-32,35,38,57H,4-7,9-10,12-15,18,21-24,27,29,33-34,36-37,39-56H2,1-3H3/b11-8+,19-16+,20-17+,28-25+,31-30+,32-26+,38-35+/t57-/m1/s1. The van der Waals surface area contributed by atoms with Crippen LogP contribution in [0.5, 0.6) is 0 Å².